The van der Waals surface area contributed by atoms with E-state index < -0.39 is 5.97 Å². The molecule has 120 valence electrons. The van der Waals surface area contributed by atoms with Crippen LogP contribution in [0.1, 0.15) is 51.4 Å². The van der Waals surface area contributed by atoms with E-state index in [-0.39, 0.29) is 23.9 Å². The quantitative estimate of drug-likeness (QED) is 0.723. The smallest absolute Gasteiger partial charge is 0.315 e. The van der Waals surface area contributed by atoms with Gasteiger partial charge in [-0.25, -0.2) is 4.79 Å². The second-order valence-electron chi connectivity index (χ2n) is 6.37. The number of urea groups is 1. The van der Waals surface area contributed by atoms with E-state index in [0.717, 1.165) is 51.6 Å². The fraction of sp³-hybridized carbons (Fsp3) is 0.867. The molecule has 6 heteroatoms. The number of ether oxygens (including phenoxy) is 1. The van der Waals surface area contributed by atoms with Crippen LogP contribution in [0.5, 0.6) is 0 Å². The first-order valence-corrected chi connectivity index (χ1v) is 7.94. The molecule has 1 aliphatic heterocycles. The highest BCUT2D eigenvalue weighted by molar-refractivity contribution is 5.74. The molecule has 1 aliphatic carbocycles. The summed E-state index contributed by atoms with van der Waals surface area (Å²) in [6, 6.07) is -0.138. The Kier molecular flexibility index (Phi) is 5.85. The van der Waals surface area contributed by atoms with Gasteiger partial charge in [-0.15, -0.1) is 0 Å². The number of carboxylic acids is 1. The summed E-state index contributed by atoms with van der Waals surface area (Å²) in [4.78, 5) is 23.0. The third-order valence-electron chi connectivity index (χ3n) is 4.56. The zero-order chi connectivity index (χ0) is 15.1. The van der Waals surface area contributed by atoms with Crippen LogP contribution in [-0.2, 0) is 9.53 Å². The maximum Gasteiger partial charge on any atom is 0.315 e. The van der Waals surface area contributed by atoms with Gasteiger partial charge in [0.15, 0.2) is 0 Å². The van der Waals surface area contributed by atoms with Crippen LogP contribution in [0.15, 0.2) is 0 Å². The summed E-state index contributed by atoms with van der Waals surface area (Å²) in [5.41, 5.74) is -0.273. The molecule has 0 spiro atoms. The Morgan fingerprint density at radius 1 is 1.19 bits per heavy atom. The summed E-state index contributed by atoms with van der Waals surface area (Å²) in [5, 5.41) is 14.9. The SMILES string of the molecule is O=C(O)CC1(CNC(=O)NC2CCCOC2)CCCCC1. The Morgan fingerprint density at radius 3 is 2.57 bits per heavy atom. The van der Waals surface area contributed by atoms with Gasteiger partial charge in [0.25, 0.3) is 0 Å². The van der Waals surface area contributed by atoms with Gasteiger partial charge in [0, 0.05) is 13.2 Å². The van der Waals surface area contributed by atoms with Gasteiger partial charge in [-0.05, 0) is 31.1 Å². The Bertz CT molecular complexity index is 361. The third kappa shape index (κ3) is 5.19. The first kappa shape index (κ1) is 16.1. The van der Waals surface area contributed by atoms with Crippen molar-refractivity contribution in [3.05, 3.63) is 0 Å². The summed E-state index contributed by atoms with van der Waals surface area (Å²) in [6.45, 7) is 1.77. The van der Waals surface area contributed by atoms with E-state index in [1.54, 1.807) is 0 Å². The first-order chi connectivity index (χ1) is 10.1. The molecule has 0 bridgehead atoms. The van der Waals surface area contributed by atoms with Gasteiger partial charge < -0.3 is 20.5 Å². The van der Waals surface area contributed by atoms with Crippen molar-refractivity contribution in [2.75, 3.05) is 19.8 Å². The molecule has 3 N–H and O–H groups in total. The Morgan fingerprint density at radius 2 is 1.95 bits per heavy atom. The standard InChI is InChI=1S/C15H26N2O4/c18-13(19)9-15(6-2-1-3-7-15)11-16-14(20)17-12-5-4-8-21-10-12/h12H,1-11H2,(H,18,19)(H2,16,17,20). The molecule has 6 nitrogen and oxygen atoms in total. The molecule has 1 atom stereocenters. The van der Waals surface area contributed by atoms with Gasteiger partial charge in [-0.1, -0.05) is 19.3 Å². The molecule has 0 aromatic rings. The number of nitrogens with one attached hydrogen (secondary N) is 2. The fourth-order valence-electron chi connectivity index (χ4n) is 3.40. The summed E-state index contributed by atoms with van der Waals surface area (Å²) in [5.74, 6) is -0.778. The van der Waals surface area contributed by atoms with Crippen LogP contribution in [0.4, 0.5) is 4.79 Å². The van der Waals surface area contributed by atoms with Crippen molar-refractivity contribution >= 4 is 12.0 Å². The monoisotopic (exact) mass is 298 g/mol. The maximum atomic E-state index is 12.0. The molecule has 21 heavy (non-hydrogen) atoms. The van der Waals surface area contributed by atoms with Crippen LogP contribution < -0.4 is 10.6 Å². The van der Waals surface area contributed by atoms with Gasteiger partial charge in [0.2, 0.25) is 0 Å². The summed E-state index contributed by atoms with van der Waals surface area (Å²) in [7, 11) is 0. The van der Waals surface area contributed by atoms with Crippen LogP contribution in [-0.4, -0.2) is 42.9 Å². The molecule has 0 radical (unpaired) electrons. The molecule has 1 saturated heterocycles. The average Bonchev–Trinajstić information content (AvgIpc) is 2.47. The second kappa shape index (κ2) is 7.64. The molecule has 2 amide bonds. The van der Waals surface area contributed by atoms with E-state index in [0.29, 0.717) is 13.2 Å². The normalized spacial score (nSPS) is 25.0. The van der Waals surface area contributed by atoms with Crippen LogP contribution in [0.3, 0.4) is 0 Å². The number of rotatable bonds is 5. The molecule has 1 saturated carbocycles. The van der Waals surface area contributed by atoms with E-state index in [9.17, 15) is 9.59 Å². The molecule has 1 unspecified atom stereocenters. The first-order valence-electron chi connectivity index (χ1n) is 7.94. The zero-order valence-corrected chi connectivity index (χ0v) is 12.5. The number of carbonyl (C=O) groups is 2. The predicted octanol–water partition coefficient (Wildman–Crippen LogP) is 1.89. The lowest BCUT2D eigenvalue weighted by atomic mass is 9.72. The highest BCUT2D eigenvalue weighted by Gasteiger charge is 2.34. The van der Waals surface area contributed by atoms with Crippen molar-refractivity contribution in [1.82, 2.24) is 10.6 Å². The number of carboxylic acid groups (broad SMARTS) is 1. The van der Waals surface area contributed by atoms with Gasteiger partial charge >= 0.3 is 12.0 Å². The van der Waals surface area contributed by atoms with Crippen LogP contribution in [0.25, 0.3) is 0 Å². The highest BCUT2D eigenvalue weighted by Crippen LogP contribution is 2.38. The van der Waals surface area contributed by atoms with E-state index in [1.807, 2.05) is 0 Å². The molecule has 0 aromatic heterocycles. The summed E-state index contributed by atoms with van der Waals surface area (Å²) < 4.78 is 5.33. The van der Waals surface area contributed by atoms with Crippen molar-refractivity contribution in [2.24, 2.45) is 5.41 Å². The van der Waals surface area contributed by atoms with E-state index in [2.05, 4.69) is 10.6 Å². The minimum Gasteiger partial charge on any atom is -0.481 e. The molecule has 2 fully saturated rings. The summed E-state index contributed by atoms with van der Waals surface area (Å²) >= 11 is 0. The van der Waals surface area contributed by atoms with E-state index >= 15 is 0 Å². The fourth-order valence-corrected chi connectivity index (χ4v) is 3.40. The van der Waals surface area contributed by atoms with Crippen LogP contribution in [0, 0.1) is 5.41 Å². The average molecular weight is 298 g/mol. The van der Waals surface area contributed by atoms with Crippen molar-refractivity contribution in [3.63, 3.8) is 0 Å². The highest BCUT2D eigenvalue weighted by atomic mass is 16.5. The largest absolute Gasteiger partial charge is 0.481 e. The zero-order valence-electron chi connectivity index (χ0n) is 12.5. The molecule has 2 rings (SSSR count). The van der Waals surface area contributed by atoms with Crippen molar-refractivity contribution in [3.8, 4) is 0 Å². The maximum absolute atomic E-state index is 12.0. The van der Waals surface area contributed by atoms with Crippen molar-refractivity contribution < 1.29 is 19.4 Å². The number of aliphatic carboxylic acids is 1. The van der Waals surface area contributed by atoms with Crippen LogP contribution >= 0.6 is 0 Å². The molecule has 2 aliphatic rings. The Balaban J connectivity index is 1.79. The van der Waals surface area contributed by atoms with Gasteiger partial charge in [0.05, 0.1) is 19.1 Å². The topological polar surface area (TPSA) is 87.7 Å². The molecular formula is C15H26N2O4. The third-order valence-corrected chi connectivity index (χ3v) is 4.56. The summed E-state index contributed by atoms with van der Waals surface area (Å²) in [6.07, 6.45) is 7.06. The molecule has 1 heterocycles. The van der Waals surface area contributed by atoms with Gasteiger partial charge in [0.1, 0.15) is 0 Å². The number of hydrogen-bond acceptors (Lipinski definition) is 3. The van der Waals surface area contributed by atoms with Crippen molar-refractivity contribution in [2.45, 2.75) is 57.4 Å². The van der Waals surface area contributed by atoms with Gasteiger partial charge in [-0.3, -0.25) is 4.79 Å². The minimum absolute atomic E-state index is 0.0699. The number of carbonyl (C=O) groups excluding carboxylic acids is 1. The number of hydrogen-bond donors (Lipinski definition) is 3. The van der Waals surface area contributed by atoms with E-state index in [4.69, 9.17) is 9.84 Å². The predicted molar refractivity (Wildman–Crippen MR) is 78.1 cm³/mol. The van der Waals surface area contributed by atoms with Gasteiger partial charge in [-0.2, -0.15) is 0 Å². The van der Waals surface area contributed by atoms with E-state index in [1.165, 1.54) is 0 Å². The molecular weight excluding hydrogens is 272 g/mol. The lowest BCUT2D eigenvalue weighted by Crippen LogP contribution is -2.49. The lowest BCUT2D eigenvalue weighted by molar-refractivity contribution is -0.140. The van der Waals surface area contributed by atoms with Crippen LogP contribution in [0.2, 0.25) is 0 Å². The Labute approximate surface area is 125 Å². The lowest BCUT2D eigenvalue weighted by Gasteiger charge is -2.36. The second-order valence-corrected chi connectivity index (χ2v) is 6.37. The number of amides is 2. The minimum atomic E-state index is -0.778. The molecule has 0 aromatic carbocycles. The van der Waals surface area contributed by atoms with Crippen molar-refractivity contribution in [1.29, 1.82) is 0 Å². The Hall–Kier alpha value is -1.30.